The molecule has 0 radical (unpaired) electrons. The van der Waals surface area contributed by atoms with Crippen LogP contribution in [0.5, 0.6) is 5.75 Å². The maximum atomic E-state index is 12.2. The topological polar surface area (TPSA) is 41.6 Å². The van der Waals surface area contributed by atoms with Crippen molar-refractivity contribution in [1.29, 1.82) is 0 Å². The molecule has 3 aromatic rings. The number of benzene rings is 3. The minimum atomic E-state index is -0.160. The summed E-state index contributed by atoms with van der Waals surface area (Å²) in [4.78, 5) is 14.7. The lowest BCUT2D eigenvalue weighted by Crippen LogP contribution is -2.37. The Hall–Kier alpha value is -3.01. The van der Waals surface area contributed by atoms with Gasteiger partial charge in [-0.3, -0.25) is 4.79 Å². The smallest absolute Gasteiger partial charge is 0.262 e. The number of hydrogen-bond donors (Lipinski definition) is 1. The van der Waals surface area contributed by atoms with E-state index in [0.29, 0.717) is 11.8 Å². The Morgan fingerprint density at radius 2 is 1.82 bits per heavy atom. The SMILES string of the molecule is C[C@H]1CCCCN1c1ccc(NC(=O)COc2ccc3ccccc3c2)cc1. The number of ether oxygens (including phenoxy) is 1. The van der Waals surface area contributed by atoms with Gasteiger partial charge in [0.05, 0.1) is 0 Å². The third-order valence-electron chi connectivity index (χ3n) is 5.38. The highest BCUT2D eigenvalue weighted by Gasteiger charge is 2.18. The molecule has 1 atom stereocenters. The summed E-state index contributed by atoms with van der Waals surface area (Å²) in [5, 5.41) is 5.16. The molecule has 0 spiro atoms. The van der Waals surface area contributed by atoms with Gasteiger partial charge in [-0.25, -0.2) is 0 Å². The largest absolute Gasteiger partial charge is 0.484 e. The molecule has 1 aliphatic heterocycles. The Balaban J connectivity index is 1.33. The van der Waals surface area contributed by atoms with Crippen LogP contribution in [0.25, 0.3) is 10.8 Å². The third-order valence-corrected chi connectivity index (χ3v) is 5.38. The Morgan fingerprint density at radius 3 is 2.61 bits per heavy atom. The number of fused-ring (bicyclic) bond motifs is 1. The van der Waals surface area contributed by atoms with Crippen LogP contribution in [0.1, 0.15) is 26.2 Å². The molecule has 1 N–H and O–H groups in total. The van der Waals surface area contributed by atoms with Gasteiger partial charge in [-0.2, -0.15) is 0 Å². The Kier molecular flexibility index (Phi) is 5.47. The first kappa shape index (κ1) is 18.4. The summed E-state index contributed by atoms with van der Waals surface area (Å²) >= 11 is 0. The van der Waals surface area contributed by atoms with Gasteiger partial charge in [0.15, 0.2) is 6.61 Å². The summed E-state index contributed by atoms with van der Waals surface area (Å²) in [6.45, 7) is 3.37. The van der Waals surface area contributed by atoms with Crippen LogP contribution in [-0.2, 0) is 4.79 Å². The highest BCUT2D eigenvalue weighted by atomic mass is 16.5. The molecule has 0 saturated carbocycles. The molecule has 1 fully saturated rings. The highest BCUT2D eigenvalue weighted by Crippen LogP contribution is 2.26. The third kappa shape index (κ3) is 4.28. The number of nitrogens with zero attached hydrogens (tertiary/aromatic N) is 1. The van der Waals surface area contributed by atoms with Gasteiger partial charge in [-0.1, -0.05) is 30.3 Å². The highest BCUT2D eigenvalue weighted by molar-refractivity contribution is 5.92. The van der Waals surface area contributed by atoms with Gasteiger partial charge >= 0.3 is 0 Å². The summed E-state index contributed by atoms with van der Waals surface area (Å²) < 4.78 is 5.66. The number of anilines is 2. The summed E-state index contributed by atoms with van der Waals surface area (Å²) in [5.74, 6) is 0.538. The molecular formula is C24H26N2O2. The van der Waals surface area contributed by atoms with Crippen LogP contribution in [0.15, 0.2) is 66.7 Å². The van der Waals surface area contributed by atoms with E-state index in [9.17, 15) is 4.79 Å². The molecule has 0 aliphatic carbocycles. The molecule has 0 bridgehead atoms. The van der Waals surface area contributed by atoms with Gasteiger partial charge in [-0.05, 0) is 73.4 Å². The van der Waals surface area contributed by atoms with Crippen LogP contribution in [-0.4, -0.2) is 25.1 Å². The van der Waals surface area contributed by atoms with E-state index in [0.717, 1.165) is 23.0 Å². The molecule has 1 saturated heterocycles. The molecule has 4 nitrogen and oxygen atoms in total. The number of hydrogen-bond acceptors (Lipinski definition) is 3. The lowest BCUT2D eigenvalue weighted by atomic mass is 10.0. The Bertz CT molecular complexity index is 952. The van der Waals surface area contributed by atoms with E-state index in [1.165, 1.54) is 24.9 Å². The van der Waals surface area contributed by atoms with Crippen molar-refractivity contribution < 1.29 is 9.53 Å². The Morgan fingerprint density at radius 1 is 1.04 bits per heavy atom. The van der Waals surface area contributed by atoms with Crippen molar-refractivity contribution in [2.75, 3.05) is 23.4 Å². The van der Waals surface area contributed by atoms with Crippen molar-refractivity contribution in [3.8, 4) is 5.75 Å². The van der Waals surface area contributed by atoms with Crippen LogP contribution < -0.4 is 15.0 Å². The molecule has 1 amide bonds. The first-order chi connectivity index (χ1) is 13.7. The van der Waals surface area contributed by atoms with Crippen molar-refractivity contribution in [1.82, 2.24) is 0 Å². The molecular weight excluding hydrogens is 348 g/mol. The second kappa shape index (κ2) is 8.34. The van der Waals surface area contributed by atoms with E-state index in [1.807, 2.05) is 48.5 Å². The summed E-state index contributed by atoms with van der Waals surface area (Å²) in [7, 11) is 0. The zero-order chi connectivity index (χ0) is 19.3. The molecule has 4 heteroatoms. The quantitative estimate of drug-likeness (QED) is 0.664. The second-order valence-corrected chi connectivity index (χ2v) is 7.43. The fourth-order valence-electron chi connectivity index (χ4n) is 3.82. The lowest BCUT2D eigenvalue weighted by molar-refractivity contribution is -0.118. The van der Waals surface area contributed by atoms with Crippen molar-refractivity contribution in [2.24, 2.45) is 0 Å². The van der Waals surface area contributed by atoms with Crippen LogP contribution in [0.4, 0.5) is 11.4 Å². The average molecular weight is 374 g/mol. The molecule has 144 valence electrons. The monoisotopic (exact) mass is 374 g/mol. The zero-order valence-corrected chi connectivity index (χ0v) is 16.2. The second-order valence-electron chi connectivity index (χ2n) is 7.43. The number of nitrogens with one attached hydrogen (secondary N) is 1. The summed E-state index contributed by atoms with van der Waals surface area (Å²) in [6, 6.07) is 22.6. The normalized spacial score (nSPS) is 16.8. The molecule has 1 heterocycles. The number of carbonyl (C=O) groups excluding carboxylic acids is 1. The number of rotatable bonds is 5. The summed E-state index contributed by atoms with van der Waals surface area (Å²) in [6.07, 6.45) is 3.79. The molecule has 0 aromatic heterocycles. The predicted octanol–water partition coefficient (Wildman–Crippen LogP) is 5.24. The summed E-state index contributed by atoms with van der Waals surface area (Å²) in [5.41, 5.74) is 2.01. The average Bonchev–Trinajstić information content (AvgIpc) is 2.73. The van der Waals surface area contributed by atoms with Crippen LogP contribution in [0.2, 0.25) is 0 Å². The number of carbonyl (C=O) groups is 1. The van der Waals surface area contributed by atoms with E-state index in [2.05, 4.69) is 35.3 Å². The number of piperidine rings is 1. The lowest BCUT2D eigenvalue weighted by Gasteiger charge is -2.35. The molecule has 4 rings (SSSR count). The fraction of sp³-hybridized carbons (Fsp3) is 0.292. The first-order valence-corrected chi connectivity index (χ1v) is 9.97. The first-order valence-electron chi connectivity index (χ1n) is 9.97. The van der Waals surface area contributed by atoms with Gasteiger partial charge in [-0.15, -0.1) is 0 Å². The van der Waals surface area contributed by atoms with Crippen molar-refractivity contribution >= 4 is 28.1 Å². The minimum Gasteiger partial charge on any atom is -0.484 e. The van der Waals surface area contributed by atoms with E-state index < -0.39 is 0 Å². The van der Waals surface area contributed by atoms with Crippen LogP contribution in [0, 0.1) is 0 Å². The maximum absolute atomic E-state index is 12.2. The van der Waals surface area contributed by atoms with Crippen LogP contribution in [0.3, 0.4) is 0 Å². The van der Waals surface area contributed by atoms with Gasteiger partial charge in [0.2, 0.25) is 0 Å². The standard InChI is InChI=1S/C24H26N2O2/c1-18-6-4-5-15-26(18)22-12-10-21(11-13-22)25-24(27)17-28-23-14-9-19-7-2-3-8-20(19)16-23/h2-3,7-14,16,18H,4-6,15,17H2,1H3,(H,25,27)/t18-/m0/s1. The van der Waals surface area contributed by atoms with Gasteiger partial charge in [0.25, 0.3) is 5.91 Å². The van der Waals surface area contributed by atoms with Crippen molar-refractivity contribution in [2.45, 2.75) is 32.2 Å². The molecule has 28 heavy (non-hydrogen) atoms. The minimum absolute atomic E-state index is 0.0107. The van der Waals surface area contributed by atoms with E-state index >= 15 is 0 Å². The zero-order valence-electron chi connectivity index (χ0n) is 16.2. The molecule has 3 aromatic carbocycles. The Labute approximate surface area is 166 Å². The maximum Gasteiger partial charge on any atom is 0.262 e. The predicted molar refractivity (Wildman–Crippen MR) is 115 cm³/mol. The van der Waals surface area contributed by atoms with E-state index in [1.54, 1.807) is 0 Å². The van der Waals surface area contributed by atoms with E-state index in [4.69, 9.17) is 4.74 Å². The molecule has 1 aliphatic rings. The molecule has 0 unspecified atom stereocenters. The van der Waals surface area contributed by atoms with Crippen molar-refractivity contribution in [3.63, 3.8) is 0 Å². The van der Waals surface area contributed by atoms with Crippen molar-refractivity contribution in [3.05, 3.63) is 66.7 Å². The van der Waals surface area contributed by atoms with E-state index in [-0.39, 0.29) is 12.5 Å². The number of amides is 1. The van der Waals surface area contributed by atoms with Gasteiger partial charge < -0.3 is 15.0 Å². The van der Waals surface area contributed by atoms with Gasteiger partial charge in [0, 0.05) is 24.0 Å². The fourth-order valence-corrected chi connectivity index (χ4v) is 3.82. The van der Waals surface area contributed by atoms with Gasteiger partial charge in [0.1, 0.15) is 5.75 Å². The van der Waals surface area contributed by atoms with Crippen LogP contribution >= 0.6 is 0 Å².